The van der Waals surface area contributed by atoms with Gasteiger partial charge < -0.3 is 29.5 Å². The lowest BCUT2D eigenvalue weighted by Gasteiger charge is -2.38. The number of halogens is 5. The van der Waals surface area contributed by atoms with Gasteiger partial charge in [-0.05, 0) is 37.6 Å². The number of aryl methyl sites for hydroxylation is 1. The lowest BCUT2D eigenvalue weighted by Crippen LogP contribution is -2.51. The third-order valence-electron chi connectivity index (χ3n) is 10.1. The number of carbonyl (C=O) groups is 2. The summed E-state index contributed by atoms with van der Waals surface area (Å²) >= 11 is 6.14. The first-order valence-corrected chi connectivity index (χ1v) is 18.3. The summed E-state index contributed by atoms with van der Waals surface area (Å²) in [6.07, 6.45) is -3.14. The van der Waals surface area contributed by atoms with Crippen LogP contribution in [0.5, 0.6) is 5.75 Å². The third-order valence-corrected chi connectivity index (χ3v) is 10.4. The van der Waals surface area contributed by atoms with E-state index in [-0.39, 0.29) is 89.1 Å². The Morgan fingerprint density at radius 1 is 1.05 bits per heavy atom. The molecule has 2 saturated heterocycles. The van der Waals surface area contributed by atoms with E-state index in [2.05, 4.69) is 25.5 Å². The highest BCUT2D eigenvalue weighted by Gasteiger charge is 2.33. The molecule has 0 bridgehead atoms. The van der Waals surface area contributed by atoms with Crippen LogP contribution in [-0.2, 0) is 35.2 Å². The van der Waals surface area contributed by atoms with Crippen LogP contribution in [0.3, 0.4) is 0 Å². The van der Waals surface area contributed by atoms with Gasteiger partial charge in [-0.1, -0.05) is 24.6 Å². The minimum atomic E-state index is -4.65. The average Bonchev–Trinajstić information content (AvgIpc) is 3.62. The van der Waals surface area contributed by atoms with Gasteiger partial charge in [0, 0.05) is 70.2 Å². The Hall–Kier alpha value is -5.66. The van der Waals surface area contributed by atoms with Crippen molar-refractivity contribution in [1.29, 1.82) is 0 Å². The predicted octanol–water partition coefficient (Wildman–Crippen LogP) is 4.19. The van der Waals surface area contributed by atoms with Crippen LogP contribution >= 0.6 is 11.6 Å². The van der Waals surface area contributed by atoms with Crippen LogP contribution in [0.4, 0.5) is 28.9 Å². The fourth-order valence-electron chi connectivity index (χ4n) is 6.96. The number of rotatable bonds is 10. The maximum atomic E-state index is 15.4. The minimum absolute atomic E-state index is 0.00774. The summed E-state index contributed by atoms with van der Waals surface area (Å²) in [6, 6.07) is 7.03. The molecule has 7 rings (SSSR count). The van der Waals surface area contributed by atoms with Gasteiger partial charge in [-0.2, -0.15) is 13.2 Å². The molecule has 3 aromatic heterocycles. The van der Waals surface area contributed by atoms with Gasteiger partial charge in [-0.15, -0.1) is 15.0 Å². The maximum Gasteiger partial charge on any atom is 0.416 e. The van der Waals surface area contributed by atoms with Crippen molar-refractivity contribution in [1.82, 2.24) is 39.3 Å². The topological polar surface area (TPSA) is 164 Å². The molecule has 2 amide bonds. The molecule has 5 heterocycles. The second-order valence-corrected chi connectivity index (χ2v) is 14.1. The molecule has 57 heavy (non-hydrogen) atoms. The molecule has 0 atom stereocenters. The van der Waals surface area contributed by atoms with Gasteiger partial charge in [0.2, 0.25) is 11.3 Å². The number of aromatic hydroxyl groups is 1. The molecule has 0 aliphatic carbocycles. The first-order chi connectivity index (χ1) is 27.2. The standard InChI is InChI=1S/C37H37ClF4N10O5/c1-4-28-32(49-9-11-50(12-10-49)36(56)31-33(54)20(2)43-19-44-31)34(55)30-35(51(28)18-29(53)45-27-8-6-22(13-25(27)38)37(40,41)42)47-52(46-30)23-7-5-21(26(39)14-23)15-48-16-24(17-48)57-3/h5-8,13-14,19,24,54H,4,9-12,15-18H2,1-3H3,(H,45,53). The van der Waals surface area contributed by atoms with Crippen molar-refractivity contribution in [3.63, 3.8) is 0 Å². The highest BCUT2D eigenvalue weighted by molar-refractivity contribution is 6.33. The number of methoxy groups -OCH3 is 1. The van der Waals surface area contributed by atoms with Gasteiger partial charge in [0.15, 0.2) is 22.6 Å². The number of fused-ring (bicyclic) bond motifs is 1. The molecule has 300 valence electrons. The van der Waals surface area contributed by atoms with E-state index in [0.29, 0.717) is 37.0 Å². The zero-order valence-electron chi connectivity index (χ0n) is 31.0. The number of piperazine rings is 1. The zero-order valence-corrected chi connectivity index (χ0v) is 31.7. The van der Waals surface area contributed by atoms with Crippen LogP contribution in [0.25, 0.3) is 16.9 Å². The Bertz CT molecular complexity index is 2430. The van der Waals surface area contributed by atoms with Crippen LogP contribution in [0.15, 0.2) is 47.5 Å². The van der Waals surface area contributed by atoms with Crippen molar-refractivity contribution in [3.05, 3.63) is 92.0 Å². The summed E-state index contributed by atoms with van der Waals surface area (Å²) in [4.78, 5) is 55.6. The van der Waals surface area contributed by atoms with Crippen LogP contribution in [0, 0.1) is 12.7 Å². The summed E-state index contributed by atoms with van der Waals surface area (Å²) < 4.78 is 62.1. The number of carbonyl (C=O) groups excluding carboxylic acids is 2. The first-order valence-electron chi connectivity index (χ1n) is 17.9. The number of nitrogens with zero attached hydrogens (tertiary/aromatic N) is 9. The van der Waals surface area contributed by atoms with E-state index in [0.717, 1.165) is 16.9 Å². The fourth-order valence-corrected chi connectivity index (χ4v) is 7.19. The van der Waals surface area contributed by atoms with Crippen molar-refractivity contribution in [2.75, 3.05) is 56.6 Å². The smallest absolute Gasteiger partial charge is 0.416 e. The molecule has 2 aliphatic rings. The highest BCUT2D eigenvalue weighted by Crippen LogP contribution is 2.34. The Balaban J connectivity index is 1.23. The lowest BCUT2D eigenvalue weighted by atomic mass is 10.1. The largest absolute Gasteiger partial charge is 0.504 e. The highest BCUT2D eigenvalue weighted by atomic mass is 35.5. The molecule has 2 N–H and O–H groups in total. The van der Waals surface area contributed by atoms with E-state index >= 15 is 4.39 Å². The number of likely N-dealkylation sites (tertiary alicyclic amines) is 1. The molecule has 2 aliphatic heterocycles. The van der Waals surface area contributed by atoms with Crippen molar-refractivity contribution < 1.29 is 37.0 Å². The quantitative estimate of drug-likeness (QED) is 0.195. The minimum Gasteiger partial charge on any atom is -0.504 e. The number of ether oxygens (including phenoxy) is 1. The van der Waals surface area contributed by atoms with E-state index in [1.54, 1.807) is 38.0 Å². The molecule has 5 aromatic rings. The SMILES string of the molecule is CCc1c(N2CCN(C(=O)c3ncnc(C)c3O)CC2)c(=O)c2nn(-c3ccc(CN4CC(OC)C4)c(F)c3)nc2n1CC(=O)Nc1ccc(C(F)(F)F)cc1Cl. The molecule has 0 spiro atoms. The van der Waals surface area contributed by atoms with Gasteiger partial charge >= 0.3 is 6.18 Å². The third kappa shape index (κ3) is 7.86. The van der Waals surface area contributed by atoms with Crippen LogP contribution < -0.4 is 15.6 Å². The summed E-state index contributed by atoms with van der Waals surface area (Å²) in [5.41, 5.74) is -0.323. The lowest BCUT2D eigenvalue weighted by molar-refractivity contribution is -0.137. The van der Waals surface area contributed by atoms with E-state index < -0.39 is 41.3 Å². The van der Waals surface area contributed by atoms with Crippen molar-refractivity contribution in [2.24, 2.45) is 0 Å². The second kappa shape index (κ2) is 15.7. The number of aromatic nitrogens is 6. The van der Waals surface area contributed by atoms with E-state index in [4.69, 9.17) is 16.3 Å². The van der Waals surface area contributed by atoms with Gasteiger partial charge in [0.1, 0.15) is 24.4 Å². The Morgan fingerprint density at radius 3 is 2.44 bits per heavy atom. The summed E-state index contributed by atoms with van der Waals surface area (Å²) in [7, 11) is 1.63. The van der Waals surface area contributed by atoms with Gasteiger partial charge in [0.05, 0.1) is 33.8 Å². The second-order valence-electron chi connectivity index (χ2n) is 13.7. The number of pyridine rings is 1. The molecule has 0 unspecified atom stereocenters. The number of hydrogen-bond donors (Lipinski definition) is 2. The fraction of sp³-hybridized carbons (Fsp3) is 0.378. The summed E-state index contributed by atoms with van der Waals surface area (Å²) in [5.74, 6) is -2.03. The van der Waals surface area contributed by atoms with Gasteiger partial charge in [0.25, 0.3) is 5.91 Å². The van der Waals surface area contributed by atoms with E-state index in [1.165, 1.54) is 21.9 Å². The predicted molar refractivity (Wildman–Crippen MR) is 200 cm³/mol. The maximum absolute atomic E-state index is 15.4. The van der Waals surface area contributed by atoms with Gasteiger partial charge in [-0.3, -0.25) is 19.3 Å². The van der Waals surface area contributed by atoms with Crippen LogP contribution in [-0.4, -0.2) is 109 Å². The average molecular weight is 813 g/mol. The number of hydrogen-bond acceptors (Lipinski definition) is 11. The summed E-state index contributed by atoms with van der Waals surface area (Å²) in [6.45, 7) is 5.24. The number of anilines is 2. The van der Waals surface area contributed by atoms with Crippen molar-refractivity contribution in [2.45, 2.75) is 45.6 Å². The van der Waals surface area contributed by atoms with Crippen LogP contribution in [0.1, 0.15) is 39.9 Å². The molecule has 0 radical (unpaired) electrons. The monoisotopic (exact) mass is 812 g/mol. The number of benzene rings is 2. The molecule has 0 saturated carbocycles. The Kier molecular flexibility index (Phi) is 10.9. The van der Waals surface area contributed by atoms with Crippen molar-refractivity contribution >= 4 is 46.0 Å². The zero-order chi connectivity index (χ0) is 40.8. The number of alkyl halides is 3. The Morgan fingerprint density at radius 2 is 1.79 bits per heavy atom. The molecular formula is C37H37ClF4N10O5. The summed E-state index contributed by atoms with van der Waals surface area (Å²) in [5, 5.41) is 21.7. The number of amides is 2. The molecule has 20 heteroatoms. The molecule has 2 aromatic carbocycles. The molecular weight excluding hydrogens is 776 g/mol. The molecule has 2 fully saturated rings. The number of nitrogens with one attached hydrogen (secondary N) is 1. The van der Waals surface area contributed by atoms with E-state index in [9.17, 15) is 32.7 Å². The Labute approximate surface area is 327 Å². The molecule has 15 nitrogen and oxygen atoms in total. The normalized spacial score (nSPS) is 15.3. The van der Waals surface area contributed by atoms with Gasteiger partial charge in [-0.25, -0.2) is 14.4 Å². The van der Waals surface area contributed by atoms with E-state index in [1.807, 2.05) is 4.90 Å². The van der Waals surface area contributed by atoms with Crippen LogP contribution in [0.2, 0.25) is 5.02 Å². The first kappa shape index (κ1) is 39.6. The van der Waals surface area contributed by atoms with Crippen molar-refractivity contribution in [3.8, 4) is 11.4 Å².